The van der Waals surface area contributed by atoms with Gasteiger partial charge < -0.3 is 14.5 Å². The monoisotopic (exact) mass is 247 g/mol. The molecule has 1 aromatic carbocycles. The second-order valence-electron chi connectivity index (χ2n) is 5.55. The van der Waals surface area contributed by atoms with Crippen LogP contribution in [0.2, 0.25) is 0 Å². The molecule has 98 valence electrons. The van der Waals surface area contributed by atoms with Crippen molar-refractivity contribution in [1.29, 1.82) is 0 Å². The van der Waals surface area contributed by atoms with Gasteiger partial charge in [0.2, 0.25) is 0 Å². The third-order valence-electron chi connectivity index (χ3n) is 2.91. The fraction of sp³-hybridized carbons (Fsp3) is 0.467. The van der Waals surface area contributed by atoms with Crippen molar-refractivity contribution < 1.29 is 9.15 Å². The first-order valence-electron chi connectivity index (χ1n) is 6.29. The smallest absolute Gasteiger partial charge is 0.134 e. The number of fused-ring (bicyclic) bond motifs is 1. The Morgan fingerprint density at radius 3 is 2.72 bits per heavy atom. The highest BCUT2D eigenvalue weighted by Gasteiger charge is 2.10. The van der Waals surface area contributed by atoms with E-state index in [1.165, 1.54) is 5.56 Å². The fourth-order valence-corrected chi connectivity index (χ4v) is 1.95. The Bertz CT molecular complexity index is 523. The highest BCUT2D eigenvalue weighted by atomic mass is 16.5. The second-order valence-corrected chi connectivity index (χ2v) is 5.55. The van der Waals surface area contributed by atoms with Crippen LogP contribution in [0, 0.1) is 0 Å². The van der Waals surface area contributed by atoms with Crippen molar-refractivity contribution in [3.8, 4) is 5.75 Å². The van der Waals surface area contributed by atoms with E-state index in [0.717, 1.165) is 29.7 Å². The molecule has 0 bridgehead atoms. The molecule has 2 rings (SSSR count). The molecule has 0 unspecified atom stereocenters. The summed E-state index contributed by atoms with van der Waals surface area (Å²) in [6, 6.07) is 5.91. The Morgan fingerprint density at radius 1 is 1.28 bits per heavy atom. The van der Waals surface area contributed by atoms with Crippen molar-refractivity contribution in [2.45, 2.75) is 32.7 Å². The van der Waals surface area contributed by atoms with Crippen LogP contribution in [0.5, 0.6) is 5.75 Å². The lowest BCUT2D eigenvalue weighted by Gasteiger charge is -2.20. The van der Waals surface area contributed by atoms with Crippen LogP contribution in [0.3, 0.4) is 0 Å². The average molecular weight is 247 g/mol. The standard InChI is InChI=1S/C15H21NO2/c1-15(2,3)16-8-7-11-10-18-14-6-5-12(17-4)9-13(11)14/h5-6,9-10,16H,7-8H2,1-4H3. The van der Waals surface area contributed by atoms with Gasteiger partial charge in [-0.1, -0.05) is 0 Å². The molecule has 1 aromatic heterocycles. The Hall–Kier alpha value is -1.48. The maximum Gasteiger partial charge on any atom is 0.134 e. The van der Waals surface area contributed by atoms with E-state index in [4.69, 9.17) is 9.15 Å². The van der Waals surface area contributed by atoms with Gasteiger partial charge in [-0.05, 0) is 57.5 Å². The zero-order valence-corrected chi connectivity index (χ0v) is 11.5. The molecule has 0 spiro atoms. The molecule has 1 N–H and O–H groups in total. The summed E-state index contributed by atoms with van der Waals surface area (Å²) in [7, 11) is 1.68. The van der Waals surface area contributed by atoms with Crippen molar-refractivity contribution in [2.75, 3.05) is 13.7 Å². The molecule has 1 heterocycles. The summed E-state index contributed by atoms with van der Waals surface area (Å²) in [5.41, 5.74) is 2.29. The lowest BCUT2D eigenvalue weighted by atomic mass is 10.1. The molecular weight excluding hydrogens is 226 g/mol. The van der Waals surface area contributed by atoms with Crippen LogP contribution < -0.4 is 10.1 Å². The van der Waals surface area contributed by atoms with E-state index in [1.54, 1.807) is 7.11 Å². The van der Waals surface area contributed by atoms with Crippen molar-refractivity contribution in [3.63, 3.8) is 0 Å². The van der Waals surface area contributed by atoms with Crippen LogP contribution in [-0.2, 0) is 6.42 Å². The minimum atomic E-state index is 0.150. The van der Waals surface area contributed by atoms with E-state index in [2.05, 4.69) is 26.1 Å². The fourth-order valence-electron chi connectivity index (χ4n) is 1.95. The zero-order valence-electron chi connectivity index (χ0n) is 11.5. The first-order valence-corrected chi connectivity index (χ1v) is 6.29. The van der Waals surface area contributed by atoms with Crippen LogP contribution in [0.25, 0.3) is 11.0 Å². The Morgan fingerprint density at radius 2 is 2.06 bits per heavy atom. The van der Waals surface area contributed by atoms with Crippen molar-refractivity contribution in [1.82, 2.24) is 5.32 Å². The minimum absolute atomic E-state index is 0.150. The average Bonchev–Trinajstić information content (AvgIpc) is 2.70. The molecule has 0 aliphatic rings. The number of methoxy groups -OCH3 is 1. The molecule has 0 saturated carbocycles. The SMILES string of the molecule is COc1ccc2occ(CCNC(C)(C)C)c2c1. The summed E-state index contributed by atoms with van der Waals surface area (Å²) in [6.45, 7) is 7.45. The molecule has 0 atom stereocenters. The molecule has 3 nitrogen and oxygen atoms in total. The van der Waals surface area contributed by atoms with Gasteiger partial charge in [-0.15, -0.1) is 0 Å². The van der Waals surface area contributed by atoms with Gasteiger partial charge >= 0.3 is 0 Å². The summed E-state index contributed by atoms with van der Waals surface area (Å²) in [6.07, 6.45) is 2.80. The van der Waals surface area contributed by atoms with Crippen molar-refractivity contribution in [3.05, 3.63) is 30.0 Å². The van der Waals surface area contributed by atoms with E-state index in [9.17, 15) is 0 Å². The van der Waals surface area contributed by atoms with Crippen LogP contribution in [0.1, 0.15) is 26.3 Å². The summed E-state index contributed by atoms with van der Waals surface area (Å²) >= 11 is 0. The molecule has 0 aliphatic heterocycles. The third-order valence-corrected chi connectivity index (χ3v) is 2.91. The van der Waals surface area contributed by atoms with Crippen LogP contribution in [-0.4, -0.2) is 19.2 Å². The Kier molecular flexibility index (Phi) is 3.62. The van der Waals surface area contributed by atoms with Gasteiger partial charge in [0, 0.05) is 10.9 Å². The van der Waals surface area contributed by atoms with Crippen molar-refractivity contribution >= 4 is 11.0 Å². The van der Waals surface area contributed by atoms with Crippen LogP contribution in [0.15, 0.2) is 28.9 Å². The Labute approximate surface area is 108 Å². The molecule has 0 saturated heterocycles. The lowest BCUT2D eigenvalue weighted by Crippen LogP contribution is -2.37. The summed E-state index contributed by atoms with van der Waals surface area (Å²) in [5.74, 6) is 0.869. The molecule has 0 radical (unpaired) electrons. The van der Waals surface area contributed by atoms with Gasteiger partial charge in [0.15, 0.2) is 0 Å². The van der Waals surface area contributed by atoms with Gasteiger partial charge in [0.1, 0.15) is 11.3 Å². The van der Waals surface area contributed by atoms with Crippen LogP contribution in [0.4, 0.5) is 0 Å². The summed E-state index contributed by atoms with van der Waals surface area (Å²) in [4.78, 5) is 0. The number of benzene rings is 1. The number of ether oxygens (including phenoxy) is 1. The first kappa shape index (κ1) is 13.0. The van der Waals surface area contributed by atoms with E-state index in [0.29, 0.717) is 0 Å². The van der Waals surface area contributed by atoms with Gasteiger partial charge in [0.25, 0.3) is 0 Å². The van der Waals surface area contributed by atoms with Crippen LogP contribution >= 0.6 is 0 Å². The predicted octanol–water partition coefficient (Wildman–Crippen LogP) is 3.37. The Balaban J connectivity index is 2.13. The summed E-state index contributed by atoms with van der Waals surface area (Å²) in [5, 5.41) is 4.62. The van der Waals surface area contributed by atoms with E-state index < -0.39 is 0 Å². The number of hydrogen-bond donors (Lipinski definition) is 1. The summed E-state index contributed by atoms with van der Waals surface area (Å²) < 4.78 is 10.8. The molecule has 0 amide bonds. The highest BCUT2D eigenvalue weighted by molar-refractivity contribution is 5.82. The maximum absolute atomic E-state index is 5.55. The topological polar surface area (TPSA) is 34.4 Å². The first-order chi connectivity index (χ1) is 8.49. The van der Waals surface area contributed by atoms with Gasteiger partial charge in [-0.25, -0.2) is 0 Å². The normalized spacial score (nSPS) is 12.0. The van der Waals surface area contributed by atoms with E-state index in [-0.39, 0.29) is 5.54 Å². The quantitative estimate of drug-likeness (QED) is 0.899. The van der Waals surface area contributed by atoms with Gasteiger partial charge in [0.05, 0.1) is 13.4 Å². The van der Waals surface area contributed by atoms with Crippen molar-refractivity contribution in [2.24, 2.45) is 0 Å². The number of nitrogens with one attached hydrogen (secondary N) is 1. The van der Waals surface area contributed by atoms with Gasteiger partial charge in [-0.3, -0.25) is 0 Å². The highest BCUT2D eigenvalue weighted by Crippen LogP contribution is 2.25. The largest absolute Gasteiger partial charge is 0.497 e. The molecule has 3 heteroatoms. The minimum Gasteiger partial charge on any atom is -0.497 e. The molecular formula is C15H21NO2. The number of rotatable bonds is 4. The van der Waals surface area contributed by atoms with Gasteiger partial charge in [-0.2, -0.15) is 0 Å². The predicted molar refractivity (Wildman–Crippen MR) is 74.2 cm³/mol. The molecule has 0 fully saturated rings. The van der Waals surface area contributed by atoms with E-state index in [1.807, 2.05) is 24.5 Å². The molecule has 0 aliphatic carbocycles. The molecule has 2 aromatic rings. The second kappa shape index (κ2) is 5.02. The number of hydrogen-bond acceptors (Lipinski definition) is 3. The lowest BCUT2D eigenvalue weighted by molar-refractivity contribution is 0.415. The maximum atomic E-state index is 5.55. The third kappa shape index (κ3) is 3.05. The zero-order chi connectivity index (χ0) is 13.2. The molecule has 18 heavy (non-hydrogen) atoms. The van der Waals surface area contributed by atoms with E-state index >= 15 is 0 Å². The number of furan rings is 1.